The van der Waals surface area contributed by atoms with Crippen LogP contribution >= 0.6 is 11.3 Å². The molecule has 2 heterocycles. The summed E-state index contributed by atoms with van der Waals surface area (Å²) in [7, 11) is -4.02. The topological polar surface area (TPSA) is 135 Å². The summed E-state index contributed by atoms with van der Waals surface area (Å²) < 4.78 is 69.2. The fourth-order valence-corrected chi connectivity index (χ4v) is 7.14. The van der Waals surface area contributed by atoms with Crippen LogP contribution in [-0.4, -0.2) is 32.4 Å². The predicted molar refractivity (Wildman–Crippen MR) is 138 cm³/mol. The van der Waals surface area contributed by atoms with Crippen LogP contribution in [0.5, 0.6) is 0 Å². The molecule has 0 radical (unpaired) electrons. The summed E-state index contributed by atoms with van der Waals surface area (Å²) in [5.41, 5.74) is 2.96. The Morgan fingerprint density at radius 2 is 1.78 bits per heavy atom. The average molecular weight is 559 g/mol. The summed E-state index contributed by atoms with van der Waals surface area (Å²) in [6.45, 7) is -0.235. The van der Waals surface area contributed by atoms with E-state index in [1.54, 1.807) is 0 Å². The molecule has 2 unspecified atom stereocenters. The van der Waals surface area contributed by atoms with Crippen molar-refractivity contribution in [3.8, 4) is 11.1 Å². The van der Waals surface area contributed by atoms with Gasteiger partial charge >= 0.3 is 0 Å². The van der Waals surface area contributed by atoms with Gasteiger partial charge in [0.2, 0.25) is 23.0 Å². The summed E-state index contributed by atoms with van der Waals surface area (Å²) in [6, 6.07) is 20.6. The smallest absolute Gasteiger partial charge is 0.241 e. The lowest BCUT2D eigenvalue weighted by Gasteiger charge is -2.12. The van der Waals surface area contributed by atoms with Gasteiger partial charge in [-0.1, -0.05) is 48.5 Å². The van der Waals surface area contributed by atoms with Crippen molar-refractivity contribution in [1.29, 1.82) is 0 Å². The number of nitrogens with one attached hydrogen (secondary N) is 1. The second kappa shape index (κ2) is 10.6. The van der Waals surface area contributed by atoms with Crippen molar-refractivity contribution in [2.24, 2.45) is 0 Å². The van der Waals surface area contributed by atoms with Gasteiger partial charge in [0, 0.05) is 0 Å². The fourth-order valence-electron chi connectivity index (χ4n) is 3.74. The second-order valence-electron chi connectivity index (χ2n) is 8.02. The number of nitrogens with zero attached hydrogens (tertiary/aromatic N) is 3. The highest BCUT2D eigenvalue weighted by molar-refractivity contribution is 7.91. The molecule has 5 rings (SSSR count). The molecule has 0 aliphatic rings. The third kappa shape index (κ3) is 5.81. The first-order valence-corrected chi connectivity index (χ1v) is 14.5. The maximum atomic E-state index is 13.7. The second-order valence-corrected chi connectivity index (χ2v) is 12.0. The molecule has 2 atom stereocenters. The van der Waals surface area contributed by atoms with Crippen LogP contribution in [0.25, 0.3) is 21.3 Å². The molecule has 0 bridgehead atoms. The molecule has 0 saturated heterocycles. The lowest BCUT2D eigenvalue weighted by atomic mass is 10.1. The quantitative estimate of drug-likeness (QED) is 0.254. The number of sulfone groups is 1. The van der Waals surface area contributed by atoms with Gasteiger partial charge in [0.1, 0.15) is 10.8 Å². The third-order valence-corrected chi connectivity index (χ3v) is 8.93. The molecule has 5 aromatic rings. The molecule has 0 fully saturated rings. The largest absolute Gasteiger partial charge is 0.422 e. The molecule has 37 heavy (non-hydrogen) atoms. The van der Waals surface area contributed by atoms with E-state index in [1.165, 1.54) is 35.6 Å². The van der Waals surface area contributed by atoms with Crippen LogP contribution in [-0.2, 0) is 33.4 Å². The number of halogens is 1. The van der Waals surface area contributed by atoms with E-state index in [0.29, 0.717) is 11.1 Å². The third-order valence-electron chi connectivity index (χ3n) is 5.43. The van der Waals surface area contributed by atoms with Crippen LogP contribution in [0.15, 0.2) is 77.2 Å². The first-order valence-electron chi connectivity index (χ1n) is 10.9. The zero-order valence-corrected chi connectivity index (χ0v) is 21.4. The number of aromatic nitrogens is 3. The maximum Gasteiger partial charge on any atom is 0.241 e. The molecule has 0 amide bonds. The van der Waals surface area contributed by atoms with Crippen molar-refractivity contribution in [2.45, 2.75) is 17.5 Å². The van der Waals surface area contributed by atoms with Gasteiger partial charge in [0.25, 0.3) is 0 Å². The van der Waals surface area contributed by atoms with E-state index in [-0.39, 0.29) is 23.3 Å². The molecular weight excluding hydrogens is 539 g/mol. The number of thiazole rings is 1. The SMILES string of the molecule is O=S(O)NCc1nnc(C(c2nc3ccc(-c4ccccc4)cc3s2)S(=O)(=O)Cc2ccc(F)cc2)o1. The Bertz CT molecular complexity index is 1670. The molecule has 9 nitrogen and oxygen atoms in total. The van der Waals surface area contributed by atoms with Crippen molar-refractivity contribution in [3.05, 3.63) is 101 Å². The molecule has 190 valence electrons. The minimum absolute atomic E-state index is 0.0631. The van der Waals surface area contributed by atoms with Crippen LogP contribution in [0, 0.1) is 5.82 Å². The van der Waals surface area contributed by atoms with E-state index in [9.17, 15) is 17.0 Å². The zero-order valence-electron chi connectivity index (χ0n) is 18.9. The number of rotatable bonds is 9. The standard InChI is InChI=1S/C24H19FN4O5S3/c25-18-9-6-15(7-10-18)14-37(32,33)22(23-29-28-21(34-23)13-26-36(30)31)24-27-19-11-8-17(12-20(19)35-24)16-4-2-1-3-5-16/h1-12,22,26H,13-14H2,(H,30,31). The van der Waals surface area contributed by atoms with Gasteiger partial charge in [0.15, 0.2) is 15.1 Å². The van der Waals surface area contributed by atoms with E-state index in [0.717, 1.165) is 15.8 Å². The van der Waals surface area contributed by atoms with Crippen LogP contribution in [0.3, 0.4) is 0 Å². The molecule has 0 spiro atoms. The monoisotopic (exact) mass is 558 g/mol. The summed E-state index contributed by atoms with van der Waals surface area (Å²) >= 11 is -1.12. The zero-order chi connectivity index (χ0) is 26.0. The van der Waals surface area contributed by atoms with Crippen LogP contribution in [0.4, 0.5) is 4.39 Å². The van der Waals surface area contributed by atoms with Gasteiger partial charge in [-0.2, -0.15) is 0 Å². The van der Waals surface area contributed by atoms with Gasteiger partial charge < -0.3 is 4.42 Å². The fraction of sp³-hybridized carbons (Fsp3) is 0.125. The molecule has 3 aromatic carbocycles. The van der Waals surface area contributed by atoms with Crippen molar-refractivity contribution < 1.29 is 26.0 Å². The first kappa shape index (κ1) is 25.3. The number of hydrogen-bond acceptors (Lipinski definition) is 8. The van der Waals surface area contributed by atoms with Crippen LogP contribution in [0.1, 0.15) is 27.6 Å². The Morgan fingerprint density at radius 3 is 2.51 bits per heavy atom. The van der Waals surface area contributed by atoms with E-state index in [2.05, 4.69) is 19.9 Å². The Hall–Kier alpha value is -3.36. The highest BCUT2D eigenvalue weighted by atomic mass is 32.2. The molecule has 2 N–H and O–H groups in total. The minimum atomic E-state index is -4.02. The van der Waals surface area contributed by atoms with E-state index in [4.69, 9.17) is 8.97 Å². The molecule has 2 aromatic heterocycles. The van der Waals surface area contributed by atoms with Gasteiger partial charge in [0.05, 0.1) is 22.5 Å². The summed E-state index contributed by atoms with van der Waals surface area (Å²) in [6.07, 6.45) is 0. The van der Waals surface area contributed by atoms with Gasteiger partial charge in [-0.3, -0.25) is 4.55 Å². The van der Waals surface area contributed by atoms with Crippen molar-refractivity contribution in [3.63, 3.8) is 0 Å². The normalized spacial score (nSPS) is 13.6. The minimum Gasteiger partial charge on any atom is -0.422 e. The Balaban J connectivity index is 1.56. The summed E-state index contributed by atoms with van der Waals surface area (Å²) in [5.74, 6) is -1.18. The van der Waals surface area contributed by atoms with Crippen LogP contribution < -0.4 is 4.72 Å². The molecule has 0 saturated carbocycles. The van der Waals surface area contributed by atoms with Crippen molar-refractivity contribution in [1.82, 2.24) is 19.9 Å². The highest BCUT2D eigenvalue weighted by Crippen LogP contribution is 2.38. The molecule has 13 heteroatoms. The Kier molecular flexibility index (Phi) is 7.22. The molecular formula is C24H19FN4O5S3. The summed E-state index contributed by atoms with van der Waals surface area (Å²) in [4.78, 5) is 4.58. The Labute approximate surface area is 217 Å². The van der Waals surface area contributed by atoms with E-state index in [1.807, 2.05) is 48.5 Å². The number of hydrogen-bond donors (Lipinski definition) is 2. The Morgan fingerprint density at radius 1 is 1.03 bits per heavy atom. The summed E-state index contributed by atoms with van der Waals surface area (Å²) in [5, 5.41) is 6.57. The number of fused-ring (bicyclic) bond motifs is 1. The first-order chi connectivity index (χ1) is 17.8. The highest BCUT2D eigenvalue weighted by Gasteiger charge is 2.37. The van der Waals surface area contributed by atoms with Gasteiger partial charge in [-0.15, -0.1) is 21.5 Å². The van der Waals surface area contributed by atoms with Crippen LogP contribution in [0.2, 0.25) is 0 Å². The maximum absolute atomic E-state index is 13.7. The average Bonchev–Trinajstić information content (AvgIpc) is 3.51. The van der Waals surface area contributed by atoms with Gasteiger partial charge in [-0.05, 0) is 41.0 Å². The van der Waals surface area contributed by atoms with Crippen molar-refractivity contribution >= 4 is 42.7 Å². The van der Waals surface area contributed by atoms with Crippen molar-refractivity contribution in [2.75, 3.05) is 0 Å². The lowest BCUT2D eigenvalue weighted by molar-refractivity contribution is 0.442. The number of benzene rings is 3. The van der Waals surface area contributed by atoms with E-state index < -0.39 is 37.9 Å². The molecule has 0 aliphatic carbocycles. The van der Waals surface area contributed by atoms with Gasteiger partial charge in [-0.25, -0.2) is 26.7 Å². The molecule has 0 aliphatic heterocycles. The lowest BCUT2D eigenvalue weighted by Crippen LogP contribution is -2.17. The predicted octanol–water partition coefficient (Wildman–Crippen LogP) is 4.42. The van der Waals surface area contributed by atoms with E-state index >= 15 is 0 Å².